The second-order valence-corrected chi connectivity index (χ2v) is 7.97. The average molecular weight is 531 g/mol. The molecule has 11 heteroatoms. The highest BCUT2D eigenvalue weighted by molar-refractivity contribution is 5.88. The Balaban J connectivity index is 2.81. The van der Waals surface area contributed by atoms with E-state index < -0.39 is 33.1 Å². The molecule has 0 aliphatic rings. The van der Waals surface area contributed by atoms with Crippen LogP contribution in [0.5, 0.6) is 0 Å². The van der Waals surface area contributed by atoms with Crippen LogP contribution >= 0.6 is 0 Å². The third-order valence-corrected chi connectivity index (χ3v) is 5.93. The van der Waals surface area contributed by atoms with E-state index in [1.165, 1.54) is 0 Å². The van der Waals surface area contributed by atoms with Gasteiger partial charge in [0.05, 0.1) is 104 Å². The molecule has 0 heterocycles. The molecule has 184 valence electrons. The lowest BCUT2D eigenvalue weighted by Crippen LogP contribution is -2.27. The molecule has 0 aromatic heterocycles. The molecular formula is C31H5N11. The summed E-state index contributed by atoms with van der Waals surface area (Å²) < 4.78 is 0. The molecule has 11 nitrogen and oxygen atoms in total. The second-order valence-electron chi connectivity index (χ2n) is 7.97. The van der Waals surface area contributed by atoms with Gasteiger partial charge in [0.25, 0.3) is 0 Å². The van der Waals surface area contributed by atoms with Crippen LogP contribution in [0.1, 0.15) is 61.2 Å². The highest BCUT2D eigenvalue weighted by Crippen LogP contribution is 2.26. The van der Waals surface area contributed by atoms with E-state index in [0.717, 1.165) is 30.3 Å². The van der Waals surface area contributed by atoms with Gasteiger partial charge in [-0.25, -0.2) is 0 Å². The minimum atomic E-state index is -0.557. The van der Waals surface area contributed by atoms with Crippen molar-refractivity contribution >= 4 is 11.1 Å². The van der Waals surface area contributed by atoms with Crippen LogP contribution in [0, 0.1) is 125 Å². The van der Waals surface area contributed by atoms with Crippen molar-refractivity contribution in [3.8, 4) is 66.8 Å². The SMILES string of the molecule is N#C/C(c1c(C#N)cc(C#N)cc1C#N)=c1\cc(C#N)/c(=C(\C#N)c2c(C#N)cc(C#N)cc2C#N)c(C#N)c1C#N. The van der Waals surface area contributed by atoms with Gasteiger partial charge in [-0.2, -0.15) is 57.9 Å². The molecule has 0 unspecified atom stereocenters. The van der Waals surface area contributed by atoms with Gasteiger partial charge in [0.15, 0.2) is 0 Å². The van der Waals surface area contributed by atoms with E-state index >= 15 is 0 Å². The van der Waals surface area contributed by atoms with Gasteiger partial charge in [-0.15, -0.1) is 0 Å². The minimum absolute atomic E-state index is 0.0484. The van der Waals surface area contributed by atoms with E-state index in [2.05, 4.69) is 0 Å². The lowest BCUT2D eigenvalue weighted by atomic mass is 9.86. The number of nitriles is 11. The van der Waals surface area contributed by atoms with Gasteiger partial charge in [0.1, 0.15) is 24.3 Å². The lowest BCUT2D eigenvalue weighted by molar-refractivity contribution is 1.31. The molecular weight excluding hydrogens is 526 g/mol. The number of rotatable bonds is 2. The van der Waals surface area contributed by atoms with Crippen molar-refractivity contribution in [1.29, 1.82) is 57.9 Å². The normalized spacial score (nSPS) is 10.4. The zero-order chi connectivity index (χ0) is 31.0. The fraction of sp³-hybridized carbons (Fsp3) is 0. The molecule has 0 N–H and O–H groups in total. The van der Waals surface area contributed by atoms with Gasteiger partial charge in [-0.1, -0.05) is 0 Å². The summed E-state index contributed by atoms with van der Waals surface area (Å²) in [6.45, 7) is 0. The Morgan fingerprint density at radius 1 is 0.381 bits per heavy atom. The molecule has 0 saturated heterocycles. The second kappa shape index (κ2) is 11.9. The molecule has 3 rings (SSSR count). The predicted octanol–water partition coefficient (Wildman–Crippen LogP) is 1.98. The first-order valence-electron chi connectivity index (χ1n) is 11.1. The van der Waals surface area contributed by atoms with Crippen LogP contribution in [0.15, 0.2) is 30.3 Å². The van der Waals surface area contributed by atoms with Crippen molar-refractivity contribution in [3.63, 3.8) is 0 Å². The fourth-order valence-electron chi connectivity index (χ4n) is 4.25. The van der Waals surface area contributed by atoms with Crippen molar-refractivity contribution in [2.45, 2.75) is 0 Å². The smallest absolute Gasteiger partial charge is 0.101 e. The van der Waals surface area contributed by atoms with Gasteiger partial charge < -0.3 is 0 Å². The lowest BCUT2D eigenvalue weighted by Gasteiger charge is -2.11. The minimum Gasteiger partial charge on any atom is -0.192 e. The first-order valence-corrected chi connectivity index (χ1v) is 11.1. The average Bonchev–Trinajstić information content (AvgIpc) is 3.04. The van der Waals surface area contributed by atoms with Crippen molar-refractivity contribution in [3.05, 3.63) is 102 Å². The molecule has 0 radical (unpaired) electrons. The van der Waals surface area contributed by atoms with Crippen LogP contribution in [-0.2, 0) is 0 Å². The highest BCUT2D eigenvalue weighted by atomic mass is 14.4. The molecule has 0 aliphatic heterocycles. The molecule has 0 atom stereocenters. The van der Waals surface area contributed by atoms with E-state index in [4.69, 9.17) is 0 Å². The van der Waals surface area contributed by atoms with Crippen molar-refractivity contribution in [2.75, 3.05) is 0 Å². The van der Waals surface area contributed by atoms with Crippen LogP contribution in [0.4, 0.5) is 0 Å². The Morgan fingerprint density at radius 3 is 1.07 bits per heavy atom. The van der Waals surface area contributed by atoms with E-state index in [-0.39, 0.29) is 49.7 Å². The number of hydrogen-bond acceptors (Lipinski definition) is 11. The summed E-state index contributed by atoms with van der Waals surface area (Å²) in [6.07, 6.45) is 0. The van der Waals surface area contributed by atoms with Gasteiger partial charge in [0.2, 0.25) is 0 Å². The van der Waals surface area contributed by atoms with E-state index in [1.807, 2.05) is 6.07 Å². The standard InChI is InChI=1S/C31H5N11/c32-6-17-1-19(8-34)29(20(2-17)9-35)26(14-40)24-5-23(12-38)31(27(15-41)25(24)13-39)28(16-42)30-21(10-36)3-18(7-33)4-22(30)11-37/h1-5H/b26-24-,31-28-. The number of nitrogens with zero attached hydrogens (tertiary/aromatic N) is 11. The highest BCUT2D eigenvalue weighted by Gasteiger charge is 2.23. The Kier molecular flexibility index (Phi) is 8.03. The molecule has 0 bridgehead atoms. The summed E-state index contributed by atoms with van der Waals surface area (Å²) >= 11 is 0. The molecule has 0 saturated carbocycles. The Morgan fingerprint density at radius 2 is 0.762 bits per heavy atom. The third kappa shape index (κ3) is 4.51. The molecule has 3 aromatic carbocycles. The summed E-state index contributed by atoms with van der Waals surface area (Å²) in [5.41, 5.74) is -4.10. The van der Waals surface area contributed by atoms with Crippen molar-refractivity contribution < 1.29 is 0 Å². The van der Waals surface area contributed by atoms with Crippen molar-refractivity contribution in [1.82, 2.24) is 0 Å². The zero-order valence-electron chi connectivity index (χ0n) is 20.8. The van der Waals surface area contributed by atoms with Crippen LogP contribution in [0.3, 0.4) is 0 Å². The first-order chi connectivity index (χ1) is 20.4. The van der Waals surface area contributed by atoms with Crippen LogP contribution < -0.4 is 10.4 Å². The number of hydrogen-bond donors (Lipinski definition) is 0. The van der Waals surface area contributed by atoms with Gasteiger partial charge >= 0.3 is 0 Å². The summed E-state index contributed by atoms with van der Waals surface area (Å²) in [7, 11) is 0. The molecule has 0 fully saturated rings. The first kappa shape index (κ1) is 28.4. The Hall–Kier alpha value is -8.21. The third-order valence-electron chi connectivity index (χ3n) is 5.93. The maximum absolute atomic E-state index is 10.2. The van der Waals surface area contributed by atoms with E-state index in [9.17, 15) is 57.9 Å². The molecule has 0 amide bonds. The quantitative estimate of drug-likeness (QED) is 0.461. The Bertz CT molecular complexity index is 2300. The summed E-state index contributed by atoms with van der Waals surface area (Å²) in [4.78, 5) is 0. The molecule has 3 aromatic rings. The van der Waals surface area contributed by atoms with Crippen LogP contribution in [-0.4, -0.2) is 0 Å². The summed E-state index contributed by atoms with van der Waals surface area (Å²) in [6, 6.07) is 25.2. The van der Waals surface area contributed by atoms with Crippen molar-refractivity contribution in [2.24, 2.45) is 0 Å². The molecule has 0 spiro atoms. The topological polar surface area (TPSA) is 262 Å². The monoisotopic (exact) mass is 531 g/mol. The largest absolute Gasteiger partial charge is 0.192 e. The maximum atomic E-state index is 10.2. The summed E-state index contributed by atoms with van der Waals surface area (Å²) in [5, 5.41) is 107. The maximum Gasteiger partial charge on any atom is 0.101 e. The summed E-state index contributed by atoms with van der Waals surface area (Å²) in [5.74, 6) is 0. The Labute approximate surface area is 237 Å². The van der Waals surface area contributed by atoms with Crippen LogP contribution in [0.2, 0.25) is 0 Å². The molecule has 0 aliphatic carbocycles. The van der Waals surface area contributed by atoms with Gasteiger partial charge in [-0.05, 0) is 30.3 Å². The van der Waals surface area contributed by atoms with E-state index in [0.29, 0.717) is 0 Å². The van der Waals surface area contributed by atoms with Gasteiger partial charge in [-0.3, -0.25) is 0 Å². The van der Waals surface area contributed by atoms with Gasteiger partial charge in [0, 0.05) is 21.6 Å². The predicted molar refractivity (Wildman–Crippen MR) is 137 cm³/mol. The van der Waals surface area contributed by atoms with E-state index in [1.54, 1.807) is 60.7 Å². The fourth-order valence-corrected chi connectivity index (χ4v) is 4.25. The molecule has 42 heavy (non-hydrogen) atoms. The van der Waals surface area contributed by atoms with Crippen LogP contribution in [0.25, 0.3) is 11.1 Å². The zero-order valence-corrected chi connectivity index (χ0v) is 20.8. The number of benzene rings is 3.